The molecule has 0 radical (unpaired) electrons. The van der Waals surface area contributed by atoms with E-state index >= 15 is 0 Å². The summed E-state index contributed by atoms with van der Waals surface area (Å²) in [5.74, 6) is 0. The third-order valence-electron chi connectivity index (χ3n) is 3.69. The highest BCUT2D eigenvalue weighted by molar-refractivity contribution is 5.58. The van der Waals surface area contributed by atoms with Gasteiger partial charge in [0.15, 0.2) is 0 Å². The summed E-state index contributed by atoms with van der Waals surface area (Å²) in [5, 5.41) is 19.0. The van der Waals surface area contributed by atoms with Gasteiger partial charge in [-0.2, -0.15) is 5.26 Å². The van der Waals surface area contributed by atoms with E-state index in [1.54, 1.807) is 13.0 Å². The Bertz CT molecular complexity index is 671. The Kier molecular flexibility index (Phi) is 4.62. The predicted octanol–water partition coefficient (Wildman–Crippen LogP) is 3.56. The molecule has 3 nitrogen and oxygen atoms in total. The number of aryl methyl sites for hydroxylation is 1. The van der Waals surface area contributed by atoms with E-state index in [1.807, 2.05) is 31.3 Å². The van der Waals surface area contributed by atoms with Gasteiger partial charge in [-0.05, 0) is 37.1 Å². The topological polar surface area (TPSA) is 47.3 Å². The Morgan fingerprint density at radius 3 is 2.57 bits per heavy atom. The summed E-state index contributed by atoms with van der Waals surface area (Å²) in [6, 6.07) is 15.8. The summed E-state index contributed by atoms with van der Waals surface area (Å²) in [6.45, 7) is 4.57. The average molecular weight is 280 g/mol. The third kappa shape index (κ3) is 3.42. The van der Waals surface area contributed by atoms with Gasteiger partial charge < -0.3 is 10.0 Å². The fourth-order valence-electron chi connectivity index (χ4n) is 2.43. The number of hydrogen-bond donors (Lipinski definition) is 1. The van der Waals surface area contributed by atoms with E-state index in [4.69, 9.17) is 5.26 Å². The van der Waals surface area contributed by atoms with Gasteiger partial charge in [0.1, 0.15) is 0 Å². The van der Waals surface area contributed by atoms with Crippen molar-refractivity contribution in [3.63, 3.8) is 0 Å². The molecule has 0 bridgehead atoms. The van der Waals surface area contributed by atoms with Gasteiger partial charge in [0.2, 0.25) is 0 Å². The standard InChI is InChI=1S/C18H20N2O/c1-13-6-4-5-7-16(13)12-20(3)18-10-15(11-19)8-9-17(18)14(2)21/h4-10,14,21H,12H2,1-3H3/t14-/m1/s1. The van der Waals surface area contributed by atoms with E-state index in [-0.39, 0.29) is 0 Å². The van der Waals surface area contributed by atoms with Crippen LogP contribution in [0.4, 0.5) is 5.69 Å². The monoisotopic (exact) mass is 280 g/mol. The first-order valence-electron chi connectivity index (χ1n) is 7.00. The van der Waals surface area contributed by atoms with E-state index in [1.165, 1.54) is 11.1 Å². The zero-order valence-electron chi connectivity index (χ0n) is 12.7. The van der Waals surface area contributed by atoms with E-state index in [0.29, 0.717) is 5.56 Å². The lowest BCUT2D eigenvalue weighted by Crippen LogP contribution is -2.19. The molecule has 2 aromatic rings. The lowest BCUT2D eigenvalue weighted by atomic mass is 10.0. The minimum Gasteiger partial charge on any atom is -0.389 e. The second-order valence-electron chi connectivity index (χ2n) is 5.34. The first kappa shape index (κ1) is 15.1. The van der Waals surface area contributed by atoms with E-state index < -0.39 is 6.10 Å². The van der Waals surface area contributed by atoms with Gasteiger partial charge in [-0.25, -0.2) is 0 Å². The quantitative estimate of drug-likeness (QED) is 0.931. The van der Waals surface area contributed by atoms with Crippen LogP contribution < -0.4 is 4.90 Å². The summed E-state index contributed by atoms with van der Waals surface area (Å²) < 4.78 is 0. The molecule has 0 spiro atoms. The van der Waals surface area contributed by atoms with Crippen molar-refractivity contribution >= 4 is 5.69 Å². The van der Waals surface area contributed by atoms with Gasteiger partial charge in [-0.15, -0.1) is 0 Å². The molecule has 0 saturated heterocycles. The molecule has 1 N–H and O–H groups in total. The molecule has 0 heterocycles. The van der Waals surface area contributed by atoms with E-state index in [9.17, 15) is 5.11 Å². The summed E-state index contributed by atoms with van der Waals surface area (Å²) in [7, 11) is 1.98. The minimum absolute atomic E-state index is 0.563. The van der Waals surface area contributed by atoms with Crippen molar-refractivity contribution in [2.75, 3.05) is 11.9 Å². The van der Waals surface area contributed by atoms with Crippen LogP contribution in [0.3, 0.4) is 0 Å². The molecular weight excluding hydrogens is 260 g/mol. The lowest BCUT2D eigenvalue weighted by Gasteiger charge is -2.24. The molecule has 3 heteroatoms. The molecule has 0 saturated carbocycles. The minimum atomic E-state index is -0.563. The lowest BCUT2D eigenvalue weighted by molar-refractivity contribution is 0.199. The molecule has 2 rings (SSSR count). The molecule has 21 heavy (non-hydrogen) atoms. The highest BCUT2D eigenvalue weighted by Crippen LogP contribution is 2.28. The van der Waals surface area contributed by atoms with E-state index in [0.717, 1.165) is 17.8 Å². The molecule has 0 amide bonds. The highest BCUT2D eigenvalue weighted by Gasteiger charge is 2.13. The van der Waals surface area contributed by atoms with Crippen LogP contribution in [0, 0.1) is 18.3 Å². The normalized spacial score (nSPS) is 11.8. The van der Waals surface area contributed by atoms with Crippen LogP contribution in [0.15, 0.2) is 42.5 Å². The van der Waals surface area contributed by atoms with Crippen LogP contribution in [0.1, 0.15) is 35.3 Å². The number of nitrogens with zero attached hydrogens (tertiary/aromatic N) is 2. The Morgan fingerprint density at radius 1 is 1.24 bits per heavy atom. The molecule has 0 aliphatic heterocycles. The Balaban J connectivity index is 2.36. The maximum atomic E-state index is 9.93. The SMILES string of the molecule is Cc1ccccc1CN(C)c1cc(C#N)ccc1[C@@H](C)O. The number of benzene rings is 2. The largest absolute Gasteiger partial charge is 0.389 e. The summed E-state index contributed by atoms with van der Waals surface area (Å²) in [6.07, 6.45) is -0.563. The number of anilines is 1. The molecule has 0 aliphatic rings. The van der Waals surface area contributed by atoms with Crippen molar-refractivity contribution in [2.24, 2.45) is 0 Å². The van der Waals surface area contributed by atoms with E-state index in [2.05, 4.69) is 30.0 Å². The van der Waals surface area contributed by atoms with Crippen molar-refractivity contribution in [1.82, 2.24) is 0 Å². The molecule has 0 aliphatic carbocycles. The molecule has 0 unspecified atom stereocenters. The average Bonchev–Trinajstić information content (AvgIpc) is 2.48. The number of rotatable bonds is 4. The van der Waals surface area contributed by atoms with Gasteiger partial charge in [0.05, 0.1) is 17.7 Å². The van der Waals surface area contributed by atoms with Crippen LogP contribution in [0.5, 0.6) is 0 Å². The van der Waals surface area contributed by atoms with Crippen LogP contribution in [0.25, 0.3) is 0 Å². The second-order valence-corrected chi connectivity index (χ2v) is 5.34. The fourth-order valence-corrected chi connectivity index (χ4v) is 2.43. The number of hydrogen-bond acceptors (Lipinski definition) is 3. The Morgan fingerprint density at radius 2 is 1.95 bits per heavy atom. The van der Waals surface area contributed by atoms with Crippen LogP contribution in [0.2, 0.25) is 0 Å². The zero-order valence-corrected chi connectivity index (χ0v) is 12.7. The molecule has 108 valence electrons. The van der Waals surface area contributed by atoms with Gasteiger partial charge in [0.25, 0.3) is 0 Å². The molecule has 2 aromatic carbocycles. The van der Waals surface area contributed by atoms with Gasteiger partial charge in [-0.1, -0.05) is 30.3 Å². The van der Waals surface area contributed by atoms with Crippen molar-refractivity contribution < 1.29 is 5.11 Å². The number of aliphatic hydroxyl groups is 1. The van der Waals surface area contributed by atoms with Crippen LogP contribution >= 0.6 is 0 Å². The second kappa shape index (κ2) is 6.43. The van der Waals surface area contributed by atoms with Crippen LogP contribution in [-0.4, -0.2) is 12.2 Å². The van der Waals surface area contributed by atoms with Crippen molar-refractivity contribution in [3.05, 3.63) is 64.7 Å². The van der Waals surface area contributed by atoms with Crippen molar-refractivity contribution in [3.8, 4) is 6.07 Å². The molecule has 0 aromatic heterocycles. The third-order valence-corrected chi connectivity index (χ3v) is 3.69. The first-order valence-corrected chi connectivity index (χ1v) is 7.00. The van der Waals surface area contributed by atoms with Gasteiger partial charge in [-0.3, -0.25) is 0 Å². The molecular formula is C18H20N2O. The smallest absolute Gasteiger partial charge is 0.0992 e. The van der Waals surface area contributed by atoms with Crippen molar-refractivity contribution in [1.29, 1.82) is 5.26 Å². The summed E-state index contributed by atoms with van der Waals surface area (Å²) >= 11 is 0. The summed E-state index contributed by atoms with van der Waals surface area (Å²) in [4.78, 5) is 2.07. The molecule has 0 fully saturated rings. The van der Waals surface area contributed by atoms with Gasteiger partial charge in [0, 0.05) is 24.8 Å². The first-order chi connectivity index (χ1) is 10.0. The maximum absolute atomic E-state index is 9.93. The fraction of sp³-hybridized carbons (Fsp3) is 0.278. The zero-order chi connectivity index (χ0) is 15.4. The van der Waals surface area contributed by atoms with Crippen LogP contribution in [-0.2, 0) is 6.54 Å². The van der Waals surface area contributed by atoms with Crippen molar-refractivity contribution in [2.45, 2.75) is 26.5 Å². The Hall–Kier alpha value is -2.31. The molecule has 1 atom stereocenters. The Labute approximate surface area is 126 Å². The predicted molar refractivity (Wildman–Crippen MR) is 85.1 cm³/mol. The summed E-state index contributed by atoms with van der Waals surface area (Å²) in [5.41, 5.74) is 4.81. The maximum Gasteiger partial charge on any atom is 0.0992 e. The number of nitriles is 1. The van der Waals surface area contributed by atoms with Gasteiger partial charge >= 0.3 is 0 Å². The number of aliphatic hydroxyl groups excluding tert-OH is 1. The highest BCUT2D eigenvalue weighted by atomic mass is 16.3.